The van der Waals surface area contributed by atoms with Gasteiger partial charge in [0, 0.05) is 22.3 Å². The molecule has 0 unspecified atom stereocenters. The number of rotatable bonds is 3. The number of phenolic OH excluding ortho intramolecular Hbond substituents is 1. The fourth-order valence-electron chi connectivity index (χ4n) is 2.10. The molecule has 0 aromatic heterocycles. The van der Waals surface area contributed by atoms with Crippen molar-refractivity contribution in [3.63, 3.8) is 0 Å². The second kappa shape index (κ2) is 5.66. The van der Waals surface area contributed by atoms with Crippen molar-refractivity contribution in [2.24, 2.45) is 0 Å². The number of halogens is 1. The van der Waals surface area contributed by atoms with Gasteiger partial charge in [-0.3, -0.25) is 0 Å². The summed E-state index contributed by atoms with van der Waals surface area (Å²) in [6, 6.07) is 9.85. The van der Waals surface area contributed by atoms with Crippen LogP contribution in [0.1, 0.15) is 22.3 Å². The summed E-state index contributed by atoms with van der Waals surface area (Å²) in [5, 5.41) is 13.2. The Morgan fingerprint density at radius 2 is 1.68 bits per heavy atom. The van der Waals surface area contributed by atoms with Gasteiger partial charge in [0.2, 0.25) is 0 Å². The van der Waals surface area contributed by atoms with Crippen LogP contribution in [0.4, 0.5) is 5.69 Å². The van der Waals surface area contributed by atoms with E-state index >= 15 is 0 Å². The van der Waals surface area contributed by atoms with Gasteiger partial charge in [-0.25, -0.2) is 0 Å². The molecule has 0 saturated heterocycles. The minimum Gasteiger partial charge on any atom is -0.508 e. The van der Waals surface area contributed by atoms with Crippen molar-refractivity contribution in [3.05, 3.63) is 57.1 Å². The number of anilines is 1. The summed E-state index contributed by atoms with van der Waals surface area (Å²) < 4.78 is 1.15. The average Bonchev–Trinajstić information content (AvgIpc) is 2.37. The van der Waals surface area contributed by atoms with Crippen LogP contribution < -0.4 is 5.32 Å². The minimum atomic E-state index is 0.337. The first-order valence-electron chi connectivity index (χ1n) is 6.26. The van der Waals surface area contributed by atoms with Crippen LogP contribution >= 0.6 is 15.9 Å². The number of phenols is 1. The Balaban J connectivity index is 2.17. The Bertz CT molecular complexity index is 585. The van der Waals surface area contributed by atoms with Crippen molar-refractivity contribution >= 4 is 21.6 Å². The van der Waals surface area contributed by atoms with Gasteiger partial charge >= 0.3 is 0 Å². The molecule has 2 N–H and O–H groups in total. The zero-order chi connectivity index (χ0) is 14.0. The SMILES string of the molecule is Cc1ccc(O)c(CNc2cc(C)c(Br)c(C)c2)c1. The Labute approximate surface area is 122 Å². The maximum Gasteiger partial charge on any atom is 0.120 e. The number of aryl methyl sites for hydroxylation is 3. The lowest BCUT2D eigenvalue weighted by Crippen LogP contribution is -2.01. The fourth-order valence-corrected chi connectivity index (χ4v) is 2.33. The molecule has 100 valence electrons. The van der Waals surface area contributed by atoms with Crippen LogP contribution in [-0.2, 0) is 6.54 Å². The van der Waals surface area contributed by atoms with E-state index in [-0.39, 0.29) is 0 Å². The standard InChI is InChI=1S/C16H18BrNO/c1-10-4-5-15(19)13(6-10)9-18-14-7-11(2)16(17)12(3)8-14/h4-8,18-19H,9H2,1-3H3. The first-order chi connectivity index (χ1) is 8.97. The number of hydrogen-bond donors (Lipinski definition) is 2. The summed E-state index contributed by atoms with van der Waals surface area (Å²) in [6.45, 7) is 6.80. The third-order valence-electron chi connectivity index (χ3n) is 3.15. The van der Waals surface area contributed by atoms with Crippen molar-refractivity contribution in [2.75, 3.05) is 5.32 Å². The van der Waals surface area contributed by atoms with E-state index in [1.165, 1.54) is 11.1 Å². The summed E-state index contributed by atoms with van der Waals surface area (Å²) in [6.07, 6.45) is 0. The molecule has 2 aromatic rings. The lowest BCUT2D eigenvalue weighted by molar-refractivity contribution is 0.469. The number of benzene rings is 2. The highest BCUT2D eigenvalue weighted by Gasteiger charge is 2.04. The molecular formula is C16H18BrNO. The predicted octanol–water partition coefficient (Wildman–Crippen LogP) is 4.69. The fraction of sp³-hybridized carbons (Fsp3) is 0.250. The minimum absolute atomic E-state index is 0.337. The molecule has 2 aromatic carbocycles. The number of hydrogen-bond acceptors (Lipinski definition) is 2. The molecule has 0 aliphatic heterocycles. The van der Waals surface area contributed by atoms with Gasteiger partial charge < -0.3 is 10.4 Å². The zero-order valence-electron chi connectivity index (χ0n) is 11.4. The quantitative estimate of drug-likeness (QED) is 0.860. The van der Waals surface area contributed by atoms with Crippen molar-refractivity contribution in [1.29, 1.82) is 0 Å². The highest BCUT2D eigenvalue weighted by molar-refractivity contribution is 9.10. The van der Waals surface area contributed by atoms with Gasteiger partial charge in [-0.05, 0) is 50.1 Å². The van der Waals surface area contributed by atoms with E-state index in [1.807, 2.05) is 19.1 Å². The van der Waals surface area contributed by atoms with E-state index in [9.17, 15) is 5.11 Å². The van der Waals surface area contributed by atoms with E-state index in [0.717, 1.165) is 21.3 Å². The molecule has 0 spiro atoms. The van der Waals surface area contributed by atoms with Gasteiger partial charge in [-0.1, -0.05) is 33.6 Å². The van der Waals surface area contributed by atoms with Crippen LogP contribution in [0.2, 0.25) is 0 Å². The van der Waals surface area contributed by atoms with Gasteiger partial charge in [0.05, 0.1) is 0 Å². The lowest BCUT2D eigenvalue weighted by atomic mass is 10.1. The third-order valence-corrected chi connectivity index (χ3v) is 4.41. The molecule has 0 heterocycles. The highest BCUT2D eigenvalue weighted by Crippen LogP contribution is 2.26. The van der Waals surface area contributed by atoms with Crippen LogP contribution in [0.5, 0.6) is 5.75 Å². The molecule has 0 saturated carbocycles. The van der Waals surface area contributed by atoms with Gasteiger partial charge in [0.1, 0.15) is 5.75 Å². The molecular weight excluding hydrogens is 302 g/mol. The maximum absolute atomic E-state index is 9.82. The first kappa shape index (κ1) is 13.9. The highest BCUT2D eigenvalue weighted by atomic mass is 79.9. The van der Waals surface area contributed by atoms with E-state index in [2.05, 4.69) is 47.2 Å². The van der Waals surface area contributed by atoms with Crippen molar-refractivity contribution < 1.29 is 5.11 Å². The van der Waals surface area contributed by atoms with Gasteiger partial charge in [-0.2, -0.15) is 0 Å². The second-order valence-corrected chi connectivity index (χ2v) is 5.70. The van der Waals surface area contributed by atoms with Gasteiger partial charge in [0.25, 0.3) is 0 Å². The Kier molecular flexibility index (Phi) is 4.15. The monoisotopic (exact) mass is 319 g/mol. The Hall–Kier alpha value is -1.48. The normalized spacial score (nSPS) is 10.5. The second-order valence-electron chi connectivity index (χ2n) is 4.91. The summed E-state index contributed by atoms with van der Waals surface area (Å²) in [7, 11) is 0. The summed E-state index contributed by atoms with van der Waals surface area (Å²) in [4.78, 5) is 0. The topological polar surface area (TPSA) is 32.3 Å². The largest absolute Gasteiger partial charge is 0.508 e. The molecule has 0 aliphatic carbocycles. The van der Waals surface area contributed by atoms with Gasteiger partial charge in [0.15, 0.2) is 0 Å². The van der Waals surface area contributed by atoms with Crippen LogP contribution in [0.25, 0.3) is 0 Å². The molecule has 0 radical (unpaired) electrons. The van der Waals surface area contributed by atoms with Crippen molar-refractivity contribution in [1.82, 2.24) is 0 Å². The van der Waals surface area contributed by atoms with Crippen LogP contribution in [0.15, 0.2) is 34.8 Å². The maximum atomic E-state index is 9.82. The molecule has 2 nitrogen and oxygen atoms in total. The third kappa shape index (κ3) is 3.29. The number of nitrogens with one attached hydrogen (secondary N) is 1. The molecule has 2 rings (SSSR count). The Morgan fingerprint density at radius 3 is 2.32 bits per heavy atom. The van der Waals surface area contributed by atoms with Crippen LogP contribution in [-0.4, -0.2) is 5.11 Å². The van der Waals surface area contributed by atoms with E-state index in [1.54, 1.807) is 6.07 Å². The van der Waals surface area contributed by atoms with E-state index < -0.39 is 0 Å². The van der Waals surface area contributed by atoms with E-state index in [0.29, 0.717) is 12.3 Å². The summed E-state index contributed by atoms with van der Waals surface area (Å²) >= 11 is 3.56. The number of aromatic hydroxyl groups is 1. The van der Waals surface area contributed by atoms with Crippen LogP contribution in [0.3, 0.4) is 0 Å². The smallest absolute Gasteiger partial charge is 0.120 e. The van der Waals surface area contributed by atoms with Crippen LogP contribution in [0, 0.1) is 20.8 Å². The molecule has 3 heteroatoms. The molecule has 0 bridgehead atoms. The van der Waals surface area contributed by atoms with E-state index in [4.69, 9.17) is 0 Å². The summed E-state index contributed by atoms with van der Waals surface area (Å²) in [5.74, 6) is 0.337. The zero-order valence-corrected chi connectivity index (χ0v) is 13.0. The van der Waals surface area contributed by atoms with Crippen molar-refractivity contribution in [3.8, 4) is 5.75 Å². The lowest BCUT2D eigenvalue weighted by Gasteiger charge is -2.12. The molecule has 0 fully saturated rings. The first-order valence-corrected chi connectivity index (χ1v) is 7.06. The molecule has 19 heavy (non-hydrogen) atoms. The summed E-state index contributed by atoms with van der Waals surface area (Å²) in [5.41, 5.74) is 5.54. The molecule has 0 aliphatic rings. The molecule has 0 atom stereocenters. The van der Waals surface area contributed by atoms with Crippen molar-refractivity contribution in [2.45, 2.75) is 27.3 Å². The molecule has 0 amide bonds. The van der Waals surface area contributed by atoms with Gasteiger partial charge in [-0.15, -0.1) is 0 Å². The predicted molar refractivity (Wildman–Crippen MR) is 83.8 cm³/mol. The Morgan fingerprint density at radius 1 is 1.05 bits per heavy atom. The average molecular weight is 320 g/mol.